The zero-order valence-corrected chi connectivity index (χ0v) is 11.4. The molecule has 0 spiro atoms. The average Bonchev–Trinajstić information content (AvgIpc) is 3.09. The maximum absolute atomic E-state index is 11.8. The molecule has 0 fully saturated rings. The summed E-state index contributed by atoms with van der Waals surface area (Å²) in [5.74, 6) is -1.12. The summed E-state index contributed by atoms with van der Waals surface area (Å²) in [5, 5.41) is 18.1. The lowest BCUT2D eigenvalue weighted by atomic mass is 10.2. The summed E-state index contributed by atoms with van der Waals surface area (Å²) in [4.78, 5) is 29.6. The number of nitrogens with one attached hydrogen (secondary N) is 3. The highest BCUT2D eigenvalue weighted by atomic mass is 16.4. The Morgan fingerprint density at radius 2 is 2.29 bits per heavy atom. The predicted molar refractivity (Wildman–Crippen MR) is 73.8 cm³/mol. The molecule has 9 heteroatoms. The zero-order chi connectivity index (χ0) is 15.2. The van der Waals surface area contributed by atoms with Gasteiger partial charge < -0.3 is 20.7 Å². The van der Waals surface area contributed by atoms with Crippen molar-refractivity contribution < 1.29 is 14.7 Å². The molecule has 0 unspecified atom stereocenters. The number of carboxylic acids is 1. The molecule has 2 heterocycles. The lowest BCUT2D eigenvalue weighted by Gasteiger charge is -2.13. The van der Waals surface area contributed by atoms with Gasteiger partial charge in [0.25, 0.3) is 0 Å². The van der Waals surface area contributed by atoms with Gasteiger partial charge >= 0.3 is 12.0 Å². The number of anilines is 1. The molecule has 2 rings (SSSR count). The second-order valence-corrected chi connectivity index (χ2v) is 4.35. The van der Waals surface area contributed by atoms with Crippen LogP contribution in [0.3, 0.4) is 0 Å². The SMILES string of the molecule is CCn1cc(NC(=O)N[C@H](Cc2cnc[nH]2)C(=O)O)cn1. The van der Waals surface area contributed by atoms with Crippen molar-refractivity contribution in [3.05, 3.63) is 30.6 Å². The lowest BCUT2D eigenvalue weighted by Crippen LogP contribution is -2.44. The quantitative estimate of drug-likeness (QED) is 0.615. The van der Waals surface area contributed by atoms with Gasteiger partial charge in [-0.2, -0.15) is 5.10 Å². The van der Waals surface area contributed by atoms with Crippen molar-refractivity contribution in [3.8, 4) is 0 Å². The smallest absolute Gasteiger partial charge is 0.326 e. The van der Waals surface area contributed by atoms with E-state index in [0.717, 1.165) is 0 Å². The van der Waals surface area contributed by atoms with Gasteiger partial charge in [0.1, 0.15) is 6.04 Å². The highest BCUT2D eigenvalue weighted by Gasteiger charge is 2.21. The normalized spacial score (nSPS) is 11.9. The standard InChI is InChI=1S/C12H16N6O3/c1-2-18-6-9(5-15-18)16-12(21)17-10(11(19)20)3-8-4-13-7-14-8/h4-7,10H,2-3H2,1H3,(H,13,14)(H,19,20)(H2,16,17,21)/t10-/m1/s1. The molecule has 2 aromatic rings. The van der Waals surface area contributed by atoms with E-state index >= 15 is 0 Å². The van der Waals surface area contributed by atoms with Crippen LogP contribution in [0.15, 0.2) is 24.9 Å². The van der Waals surface area contributed by atoms with E-state index in [1.165, 1.54) is 18.7 Å². The van der Waals surface area contributed by atoms with Gasteiger partial charge in [-0.15, -0.1) is 0 Å². The summed E-state index contributed by atoms with van der Waals surface area (Å²) >= 11 is 0. The van der Waals surface area contributed by atoms with Crippen LogP contribution in [0.2, 0.25) is 0 Å². The molecule has 9 nitrogen and oxygen atoms in total. The van der Waals surface area contributed by atoms with Crippen LogP contribution in [-0.4, -0.2) is 42.9 Å². The molecule has 0 aliphatic heterocycles. The summed E-state index contributed by atoms with van der Waals surface area (Å²) in [5.41, 5.74) is 1.13. The first-order valence-corrected chi connectivity index (χ1v) is 6.38. The Bertz CT molecular complexity index is 606. The van der Waals surface area contributed by atoms with Crippen LogP contribution in [0.4, 0.5) is 10.5 Å². The van der Waals surface area contributed by atoms with E-state index in [-0.39, 0.29) is 6.42 Å². The number of aromatic amines is 1. The fourth-order valence-electron chi connectivity index (χ4n) is 1.74. The van der Waals surface area contributed by atoms with Crippen LogP contribution in [0, 0.1) is 0 Å². The molecule has 0 saturated heterocycles. The van der Waals surface area contributed by atoms with E-state index in [1.54, 1.807) is 10.9 Å². The van der Waals surface area contributed by atoms with Crippen molar-refractivity contribution in [1.82, 2.24) is 25.1 Å². The van der Waals surface area contributed by atoms with Crippen LogP contribution in [0.5, 0.6) is 0 Å². The van der Waals surface area contributed by atoms with Gasteiger partial charge in [0, 0.05) is 31.1 Å². The number of imidazole rings is 1. The second-order valence-electron chi connectivity index (χ2n) is 4.35. The molecule has 4 N–H and O–H groups in total. The highest BCUT2D eigenvalue weighted by Crippen LogP contribution is 2.05. The van der Waals surface area contributed by atoms with Gasteiger partial charge in [-0.05, 0) is 6.92 Å². The number of carbonyl (C=O) groups is 2. The molecule has 0 aromatic carbocycles. The van der Waals surface area contributed by atoms with Gasteiger partial charge in [0.15, 0.2) is 0 Å². The monoisotopic (exact) mass is 292 g/mol. The Morgan fingerprint density at radius 1 is 1.48 bits per heavy atom. The first-order chi connectivity index (χ1) is 10.1. The van der Waals surface area contributed by atoms with Crippen molar-refractivity contribution >= 4 is 17.7 Å². The topological polar surface area (TPSA) is 125 Å². The van der Waals surface area contributed by atoms with Crippen LogP contribution >= 0.6 is 0 Å². The number of rotatable bonds is 6. The molecule has 1 atom stereocenters. The van der Waals surface area contributed by atoms with Crippen LogP contribution < -0.4 is 10.6 Å². The number of amides is 2. The van der Waals surface area contributed by atoms with Crippen molar-refractivity contribution in [1.29, 1.82) is 0 Å². The first kappa shape index (κ1) is 14.6. The van der Waals surface area contributed by atoms with Gasteiger partial charge in [0.05, 0.1) is 18.2 Å². The summed E-state index contributed by atoms with van der Waals surface area (Å²) in [6, 6.07) is -1.65. The minimum atomic E-state index is -1.12. The van der Waals surface area contributed by atoms with Crippen LogP contribution in [-0.2, 0) is 17.8 Å². The Morgan fingerprint density at radius 3 is 2.86 bits per heavy atom. The minimum Gasteiger partial charge on any atom is -0.480 e. The third kappa shape index (κ3) is 4.06. The maximum Gasteiger partial charge on any atom is 0.326 e. The largest absolute Gasteiger partial charge is 0.480 e. The molecule has 0 aliphatic carbocycles. The van der Waals surface area contributed by atoms with E-state index < -0.39 is 18.0 Å². The summed E-state index contributed by atoms with van der Waals surface area (Å²) in [7, 11) is 0. The number of H-pyrrole nitrogens is 1. The first-order valence-electron chi connectivity index (χ1n) is 6.38. The lowest BCUT2D eigenvalue weighted by molar-refractivity contribution is -0.139. The number of aliphatic carboxylic acids is 1. The Labute approximate surface area is 120 Å². The Kier molecular flexibility index (Phi) is 4.54. The molecule has 0 aliphatic rings. The van der Waals surface area contributed by atoms with Crippen LogP contribution in [0.25, 0.3) is 0 Å². The van der Waals surface area contributed by atoms with E-state index in [4.69, 9.17) is 5.11 Å². The van der Waals surface area contributed by atoms with Gasteiger partial charge in [-0.25, -0.2) is 14.6 Å². The average molecular weight is 292 g/mol. The third-order valence-electron chi connectivity index (χ3n) is 2.80. The summed E-state index contributed by atoms with van der Waals surface area (Å²) in [6.07, 6.45) is 6.24. The van der Waals surface area contributed by atoms with Gasteiger partial charge in [-0.3, -0.25) is 4.68 Å². The van der Waals surface area contributed by atoms with E-state index in [2.05, 4.69) is 25.7 Å². The Hall–Kier alpha value is -2.84. The fraction of sp³-hybridized carbons (Fsp3) is 0.333. The number of carboxylic acid groups (broad SMARTS) is 1. The minimum absolute atomic E-state index is 0.122. The van der Waals surface area contributed by atoms with Gasteiger partial charge in [-0.1, -0.05) is 0 Å². The molecule has 0 radical (unpaired) electrons. The molecule has 2 aromatic heterocycles. The van der Waals surface area contributed by atoms with Crippen molar-refractivity contribution in [2.75, 3.05) is 5.32 Å². The van der Waals surface area contributed by atoms with E-state index in [0.29, 0.717) is 17.9 Å². The number of hydrogen-bond acceptors (Lipinski definition) is 4. The summed E-state index contributed by atoms with van der Waals surface area (Å²) < 4.78 is 1.65. The summed E-state index contributed by atoms with van der Waals surface area (Å²) in [6.45, 7) is 2.60. The predicted octanol–water partition coefficient (Wildman–Crippen LogP) is 0.443. The molecular formula is C12H16N6O3. The molecule has 0 bridgehead atoms. The third-order valence-corrected chi connectivity index (χ3v) is 2.80. The molecule has 0 saturated carbocycles. The molecule has 21 heavy (non-hydrogen) atoms. The van der Waals surface area contributed by atoms with Crippen molar-refractivity contribution in [3.63, 3.8) is 0 Å². The fourth-order valence-corrected chi connectivity index (χ4v) is 1.74. The van der Waals surface area contributed by atoms with Gasteiger partial charge in [0.2, 0.25) is 0 Å². The molecule has 112 valence electrons. The molecule has 2 amide bonds. The Balaban J connectivity index is 1.93. The van der Waals surface area contributed by atoms with Crippen molar-refractivity contribution in [2.24, 2.45) is 0 Å². The van der Waals surface area contributed by atoms with E-state index in [9.17, 15) is 9.59 Å². The number of carbonyl (C=O) groups excluding carboxylic acids is 1. The second kappa shape index (κ2) is 6.55. The number of aryl methyl sites for hydroxylation is 1. The number of aromatic nitrogens is 4. The van der Waals surface area contributed by atoms with Crippen molar-refractivity contribution in [2.45, 2.75) is 25.9 Å². The molecular weight excluding hydrogens is 276 g/mol. The zero-order valence-electron chi connectivity index (χ0n) is 11.4. The number of nitrogens with zero attached hydrogens (tertiary/aromatic N) is 3. The van der Waals surface area contributed by atoms with E-state index in [1.807, 2.05) is 6.92 Å². The van der Waals surface area contributed by atoms with Crippen LogP contribution in [0.1, 0.15) is 12.6 Å². The number of hydrogen-bond donors (Lipinski definition) is 4. The maximum atomic E-state index is 11.8. The highest BCUT2D eigenvalue weighted by molar-refractivity contribution is 5.92. The number of urea groups is 1.